The van der Waals surface area contributed by atoms with Gasteiger partial charge in [-0.3, -0.25) is 4.72 Å². The lowest BCUT2D eigenvalue weighted by atomic mass is 10.1. The predicted octanol–water partition coefficient (Wildman–Crippen LogP) is 4.21. The summed E-state index contributed by atoms with van der Waals surface area (Å²) >= 11 is 1.32. The maximum absolute atomic E-state index is 11.6. The lowest BCUT2D eigenvalue weighted by molar-refractivity contribution is 0.246. The van der Waals surface area contributed by atoms with Crippen LogP contribution >= 0.6 is 11.9 Å². The first-order valence-corrected chi connectivity index (χ1v) is 9.17. The number of hydrogen-bond acceptors (Lipinski definition) is 4. The number of phenolic OH excluding ortho intramolecular Hbond substituents is 1. The lowest BCUT2D eigenvalue weighted by Crippen LogP contribution is -2.32. The van der Waals surface area contributed by atoms with Gasteiger partial charge >= 0.3 is 6.03 Å². The van der Waals surface area contributed by atoms with E-state index in [4.69, 9.17) is 4.74 Å². The van der Waals surface area contributed by atoms with E-state index in [0.717, 1.165) is 12.0 Å². The van der Waals surface area contributed by atoms with E-state index in [0.29, 0.717) is 18.0 Å². The number of nitrogens with one attached hydrogen (secondary N) is 2. The number of hydrogen-bond donors (Lipinski definition) is 3. The molecule has 1 aromatic rings. The summed E-state index contributed by atoms with van der Waals surface area (Å²) in [4.78, 5) is 11.6. The molecule has 0 fully saturated rings. The summed E-state index contributed by atoms with van der Waals surface area (Å²) in [5.41, 5.74) is 0.973. The third kappa shape index (κ3) is 8.59. The van der Waals surface area contributed by atoms with Gasteiger partial charge in [0.25, 0.3) is 0 Å². The normalized spacial score (nSPS) is 10.3. The summed E-state index contributed by atoms with van der Waals surface area (Å²) in [5, 5.41) is 12.4. The average molecular weight is 340 g/mol. The van der Waals surface area contributed by atoms with Gasteiger partial charge in [-0.25, -0.2) is 4.79 Å². The van der Waals surface area contributed by atoms with Gasteiger partial charge < -0.3 is 15.2 Å². The SMILES string of the molecule is CCCCCCCCNC(=O)NSCc1ccc(O)c(OC)c1. The van der Waals surface area contributed by atoms with E-state index in [1.165, 1.54) is 51.2 Å². The van der Waals surface area contributed by atoms with Crippen molar-refractivity contribution in [1.29, 1.82) is 0 Å². The molecule has 1 aromatic carbocycles. The second kappa shape index (κ2) is 11.9. The number of methoxy groups -OCH3 is 1. The van der Waals surface area contributed by atoms with Crippen LogP contribution in [0.1, 0.15) is 51.0 Å². The lowest BCUT2D eigenvalue weighted by Gasteiger charge is -2.08. The van der Waals surface area contributed by atoms with Gasteiger partial charge in [0, 0.05) is 12.3 Å². The summed E-state index contributed by atoms with van der Waals surface area (Å²) < 4.78 is 7.81. The Balaban J connectivity index is 2.10. The number of rotatable bonds is 11. The standard InChI is InChI=1S/C17H28N2O3S/c1-3-4-5-6-7-8-11-18-17(21)19-23-13-14-9-10-15(20)16(12-14)22-2/h9-10,12,20H,3-8,11,13H2,1-2H3,(H2,18,19,21). The Hall–Kier alpha value is -1.56. The Kier molecular flexibility index (Phi) is 10.1. The minimum absolute atomic E-state index is 0.117. The van der Waals surface area contributed by atoms with Gasteiger partial charge in [-0.05, 0) is 36.1 Å². The van der Waals surface area contributed by atoms with Crippen molar-refractivity contribution >= 4 is 18.0 Å². The molecule has 1 rings (SSSR count). The van der Waals surface area contributed by atoms with Crippen molar-refractivity contribution in [1.82, 2.24) is 10.0 Å². The van der Waals surface area contributed by atoms with Gasteiger partial charge in [-0.1, -0.05) is 45.1 Å². The largest absolute Gasteiger partial charge is 0.504 e. The third-order valence-electron chi connectivity index (χ3n) is 3.46. The molecule has 0 aliphatic heterocycles. The second-order valence-corrected chi connectivity index (χ2v) is 6.20. The van der Waals surface area contributed by atoms with Crippen molar-refractivity contribution < 1.29 is 14.6 Å². The number of urea groups is 1. The Morgan fingerprint density at radius 2 is 1.96 bits per heavy atom. The Morgan fingerprint density at radius 1 is 1.22 bits per heavy atom. The van der Waals surface area contributed by atoms with E-state index in [-0.39, 0.29) is 11.8 Å². The van der Waals surface area contributed by atoms with Crippen LogP contribution in [0.2, 0.25) is 0 Å². The molecule has 2 amide bonds. The van der Waals surface area contributed by atoms with E-state index in [1.807, 2.05) is 0 Å². The number of aromatic hydroxyl groups is 1. The number of unbranched alkanes of at least 4 members (excludes halogenated alkanes) is 5. The molecule has 23 heavy (non-hydrogen) atoms. The molecule has 0 bridgehead atoms. The van der Waals surface area contributed by atoms with Crippen LogP contribution in [0.3, 0.4) is 0 Å². The van der Waals surface area contributed by atoms with Gasteiger partial charge in [-0.2, -0.15) is 0 Å². The average Bonchev–Trinajstić information content (AvgIpc) is 2.55. The molecule has 0 saturated carbocycles. The summed E-state index contributed by atoms with van der Waals surface area (Å²) in [7, 11) is 1.51. The van der Waals surface area contributed by atoms with Crippen LogP contribution in [-0.2, 0) is 5.75 Å². The number of carbonyl (C=O) groups excluding carboxylic acids is 1. The molecule has 0 saturated heterocycles. The molecule has 0 heterocycles. The molecule has 0 radical (unpaired) electrons. The second-order valence-electron chi connectivity index (χ2n) is 5.42. The zero-order valence-corrected chi connectivity index (χ0v) is 14.9. The predicted molar refractivity (Wildman–Crippen MR) is 95.9 cm³/mol. The summed E-state index contributed by atoms with van der Waals surface area (Å²) in [5.74, 6) is 1.17. The maximum atomic E-state index is 11.6. The van der Waals surface area contributed by atoms with Crippen LogP contribution < -0.4 is 14.8 Å². The number of amides is 2. The van der Waals surface area contributed by atoms with Gasteiger partial charge in [0.05, 0.1) is 7.11 Å². The number of phenols is 1. The zero-order chi connectivity index (χ0) is 16.9. The highest BCUT2D eigenvalue weighted by Gasteiger charge is 2.04. The highest BCUT2D eigenvalue weighted by atomic mass is 32.2. The molecule has 3 N–H and O–H groups in total. The molecular formula is C17H28N2O3S. The van der Waals surface area contributed by atoms with Crippen LogP contribution in [0.5, 0.6) is 11.5 Å². The van der Waals surface area contributed by atoms with Crippen molar-refractivity contribution in [3.63, 3.8) is 0 Å². The first kappa shape index (κ1) is 19.5. The van der Waals surface area contributed by atoms with Crippen molar-refractivity contribution in [2.24, 2.45) is 0 Å². The van der Waals surface area contributed by atoms with E-state index >= 15 is 0 Å². The van der Waals surface area contributed by atoms with Crippen molar-refractivity contribution in [3.8, 4) is 11.5 Å². The number of carbonyl (C=O) groups is 1. The molecule has 0 aliphatic rings. The fraction of sp³-hybridized carbons (Fsp3) is 0.588. The van der Waals surface area contributed by atoms with Crippen LogP contribution in [0.25, 0.3) is 0 Å². The van der Waals surface area contributed by atoms with Crippen LogP contribution in [0.4, 0.5) is 4.79 Å². The molecule has 6 heteroatoms. The van der Waals surface area contributed by atoms with Crippen LogP contribution in [0.15, 0.2) is 18.2 Å². The minimum atomic E-state index is -0.158. The van der Waals surface area contributed by atoms with E-state index < -0.39 is 0 Å². The van der Waals surface area contributed by atoms with Gasteiger partial charge in [0.15, 0.2) is 11.5 Å². The molecule has 5 nitrogen and oxygen atoms in total. The summed E-state index contributed by atoms with van der Waals surface area (Å²) in [6, 6.07) is 5.00. The molecule has 0 unspecified atom stereocenters. The topological polar surface area (TPSA) is 70.6 Å². The smallest absolute Gasteiger partial charge is 0.324 e. The van der Waals surface area contributed by atoms with Crippen molar-refractivity contribution in [3.05, 3.63) is 23.8 Å². The maximum Gasteiger partial charge on any atom is 0.324 e. The van der Waals surface area contributed by atoms with Gasteiger partial charge in [0.2, 0.25) is 0 Å². The highest BCUT2D eigenvalue weighted by Crippen LogP contribution is 2.27. The molecule has 0 aromatic heterocycles. The van der Waals surface area contributed by atoms with Gasteiger partial charge in [-0.15, -0.1) is 0 Å². The highest BCUT2D eigenvalue weighted by molar-refractivity contribution is 7.97. The Bertz CT molecular complexity index is 469. The molecule has 0 spiro atoms. The molecular weight excluding hydrogens is 312 g/mol. The monoisotopic (exact) mass is 340 g/mol. The third-order valence-corrected chi connectivity index (χ3v) is 4.27. The van der Waals surface area contributed by atoms with E-state index in [9.17, 15) is 9.90 Å². The molecule has 0 atom stereocenters. The number of ether oxygens (including phenoxy) is 1. The number of benzene rings is 1. The Morgan fingerprint density at radius 3 is 2.70 bits per heavy atom. The fourth-order valence-corrected chi connectivity index (χ4v) is 2.76. The zero-order valence-electron chi connectivity index (χ0n) is 14.1. The van der Waals surface area contributed by atoms with Gasteiger partial charge in [0.1, 0.15) is 0 Å². The van der Waals surface area contributed by atoms with Crippen molar-refractivity contribution in [2.45, 2.75) is 51.2 Å². The van der Waals surface area contributed by atoms with Crippen LogP contribution in [0, 0.1) is 0 Å². The first-order valence-electron chi connectivity index (χ1n) is 8.19. The summed E-state index contributed by atoms with van der Waals surface area (Å²) in [6.07, 6.45) is 7.28. The van der Waals surface area contributed by atoms with Crippen LogP contribution in [-0.4, -0.2) is 24.8 Å². The molecule has 130 valence electrons. The minimum Gasteiger partial charge on any atom is -0.504 e. The van der Waals surface area contributed by atoms with E-state index in [1.54, 1.807) is 18.2 Å². The fourth-order valence-electron chi connectivity index (χ4n) is 2.14. The van der Waals surface area contributed by atoms with Crippen molar-refractivity contribution in [2.75, 3.05) is 13.7 Å². The quantitative estimate of drug-likeness (QED) is 0.417. The van der Waals surface area contributed by atoms with E-state index in [2.05, 4.69) is 17.0 Å². The molecule has 0 aliphatic carbocycles. The first-order chi connectivity index (χ1) is 11.2. The summed E-state index contributed by atoms with van der Waals surface area (Å²) in [6.45, 7) is 2.92. The Labute approximate surface area is 143 Å².